The number of carbonyl (C=O) groups is 3. The summed E-state index contributed by atoms with van der Waals surface area (Å²) in [4.78, 5) is 38.2. The maximum Gasteiger partial charge on any atom is 0.347 e. The molecule has 254 valence electrons. The fourth-order valence-corrected chi connectivity index (χ4v) is 6.01. The summed E-state index contributed by atoms with van der Waals surface area (Å²) in [6.07, 6.45) is 28.6. The van der Waals surface area contributed by atoms with Gasteiger partial charge in [-0.25, -0.2) is 4.79 Å². The minimum atomic E-state index is -2.50. The molecule has 0 aliphatic heterocycles. The maximum absolute atomic E-state index is 13.1. The van der Waals surface area contributed by atoms with Crippen molar-refractivity contribution in [3.05, 3.63) is 0 Å². The SMILES string of the molecule is CCCCCCCCCCCCCCCC(=O)C(O)C(OCC)(C(=O)O)C(=O)CCCCCCCCCCCCCCC. The molecule has 2 unspecified atom stereocenters. The zero-order valence-electron chi connectivity index (χ0n) is 28.6. The van der Waals surface area contributed by atoms with Gasteiger partial charge in [0.2, 0.25) is 0 Å². The van der Waals surface area contributed by atoms with E-state index < -0.39 is 29.2 Å². The molecule has 6 heteroatoms. The number of carbonyl (C=O) groups excluding carboxylic acids is 2. The van der Waals surface area contributed by atoms with E-state index in [1.807, 2.05) is 0 Å². The van der Waals surface area contributed by atoms with Gasteiger partial charge in [0.1, 0.15) is 0 Å². The molecule has 2 atom stereocenters. The van der Waals surface area contributed by atoms with Crippen LogP contribution in [-0.2, 0) is 19.1 Å². The van der Waals surface area contributed by atoms with Crippen molar-refractivity contribution in [1.29, 1.82) is 0 Å². The average molecular weight is 611 g/mol. The summed E-state index contributed by atoms with van der Waals surface area (Å²) >= 11 is 0. The molecule has 0 fully saturated rings. The smallest absolute Gasteiger partial charge is 0.347 e. The minimum absolute atomic E-state index is 0.00681. The molecule has 0 spiro atoms. The van der Waals surface area contributed by atoms with Crippen LogP contribution >= 0.6 is 0 Å². The molecule has 43 heavy (non-hydrogen) atoms. The van der Waals surface area contributed by atoms with Crippen LogP contribution in [0.25, 0.3) is 0 Å². The molecule has 0 aromatic heterocycles. The van der Waals surface area contributed by atoms with Crippen molar-refractivity contribution >= 4 is 17.5 Å². The van der Waals surface area contributed by atoms with Crippen LogP contribution in [0.3, 0.4) is 0 Å². The Balaban J connectivity index is 4.28. The number of carboxylic acids is 1. The van der Waals surface area contributed by atoms with Crippen molar-refractivity contribution in [3.8, 4) is 0 Å². The summed E-state index contributed by atoms with van der Waals surface area (Å²) in [5, 5.41) is 20.8. The van der Waals surface area contributed by atoms with Gasteiger partial charge < -0.3 is 14.9 Å². The third kappa shape index (κ3) is 20.4. The van der Waals surface area contributed by atoms with Gasteiger partial charge in [0.15, 0.2) is 17.7 Å². The number of ketones is 2. The number of ether oxygens (including phenoxy) is 1. The zero-order valence-corrected chi connectivity index (χ0v) is 28.6. The number of unbranched alkanes of at least 4 members (excludes halogenated alkanes) is 24. The molecule has 0 saturated heterocycles. The summed E-state index contributed by atoms with van der Waals surface area (Å²) in [6.45, 7) is 5.99. The van der Waals surface area contributed by atoms with E-state index in [0.717, 1.165) is 38.5 Å². The van der Waals surface area contributed by atoms with Crippen molar-refractivity contribution in [2.75, 3.05) is 6.61 Å². The molecule has 0 saturated carbocycles. The van der Waals surface area contributed by atoms with E-state index in [4.69, 9.17) is 4.74 Å². The number of aliphatic carboxylic acids is 1. The van der Waals surface area contributed by atoms with Crippen molar-refractivity contribution in [2.45, 2.75) is 212 Å². The Morgan fingerprint density at radius 1 is 0.512 bits per heavy atom. The van der Waals surface area contributed by atoms with Gasteiger partial charge in [-0.3, -0.25) is 9.59 Å². The van der Waals surface area contributed by atoms with Crippen molar-refractivity contribution in [1.82, 2.24) is 0 Å². The lowest BCUT2D eigenvalue weighted by Crippen LogP contribution is -2.60. The second kappa shape index (κ2) is 29.4. The molecule has 0 aliphatic carbocycles. The van der Waals surface area contributed by atoms with E-state index in [9.17, 15) is 24.6 Å². The highest BCUT2D eigenvalue weighted by molar-refractivity contribution is 6.11. The summed E-state index contributed by atoms with van der Waals surface area (Å²) in [6, 6.07) is 0. The van der Waals surface area contributed by atoms with Crippen molar-refractivity contribution in [3.63, 3.8) is 0 Å². The van der Waals surface area contributed by atoms with Crippen molar-refractivity contribution < 1.29 is 29.3 Å². The molecule has 6 nitrogen and oxygen atoms in total. The zero-order chi connectivity index (χ0) is 32.0. The Labute approximate surface area is 265 Å². The van der Waals surface area contributed by atoms with Crippen LogP contribution in [0.1, 0.15) is 201 Å². The third-order valence-corrected chi connectivity index (χ3v) is 8.83. The Hall–Kier alpha value is -1.27. The van der Waals surface area contributed by atoms with Gasteiger partial charge in [0.25, 0.3) is 5.60 Å². The second-order valence-electron chi connectivity index (χ2n) is 12.8. The normalized spacial score (nSPS) is 13.6. The van der Waals surface area contributed by atoms with Crippen molar-refractivity contribution in [2.24, 2.45) is 0 Å². The predicted molar refractivity (Wildman–Crippen MR) is 179 cm³/mol. The molecule has 0 amide bonds. The minimum Gasteiger partial charge on any atom is -0.479 e. The van der Waals surface area contributed by atoms with Gasteiger partial charge in [-0.15, -0.1) is 0 Å². The van der Waals surface area contributed by atoms with E-state index in [-0.39, 0.29) is 19.4 Å². The summed E-state index contributed by atoms with van der Waals surface area (Å²) in [5.74, 6) is -2.88. The van der Waals surface area contributed by atoms with Gasteiger partial charge in [0.05, 0.1) is 0 Å². The summed E-state index contributed by atoms with van der Waals surface area (Å²) < 4.78 is 5.40. The molecular formula is C37H70O6. The molecule has 2 N–H and O–H groups in total. The van der Waals surface area contributed by atoms with Gasteiger partial charge in [-0.05, 0) is 19.8 Å². The lowest BCUT2D eigenvalue weighted by molar-refractivity contribution is -0.189. The van der Waals surface area contributed by atoms with E-state index in [1.165, 1.54) is 116 Å². The fraction of sp³-hybridized carbons (Fsp3) is 0.919. The van der Waals surface area contributed by atoms with Crippen LogP contribution in [0.4, 0.5) is 0 Å². The van der Waals surface area contributed by atoms with E-state index in [2.05, 4.69) is 13.8 Å². The highest BCUT2D eigenvalue weighted by Crippen LogP contribution is 2.25. The molecule has 0 rings (SSSR count). The van der Waals surface area contributed by atoms with Crippen LogP contribution < -0.4 is 0 Å². The first-order chi connectivity index (χ1) is 20.9. The first-order valence-corrected chi connectivity index (χ1v) is 18.5. The first-order valence-electron chi connectivity index (χ1n) is 18.5. The highest BCUT2D eigenvalue weighted by atomic mass is 16.5. The number of aliphatic hydroxyl groups excluding tert-OH is 1. The van der Waals surface area contributed by atoms with Gasteiger partial charge in [0, 0.05) is 19.4 Å². The molecule has 0 radical (unpaired) electrons. The summed E-state index contributed by atoms with van der Waals surface area (Å²) in [7, 11) is 0. The monoisotopic (exact) mass is 611 g/mol. The van der Waals surface area contributed by atoms with E-state index in [0.29, 0.717) is 12.8 Å². The number of carboxylic acid groups (broad SMARTS) is 1. The predicted octanol–water partition coefficient (Wildman–Crippen LogP) is 10.3. The first kappa shape index (κ1) is 41.7. The lowest BCUT2D eigenvalue weighted by Gasteiger charge is -2.31. The number of Topliss-reactive ketones (excluding diaryl/α,β-unsaturated/α-hetero) is 2. The lowest BCUT2D eigenvalue weighted by atomic mass is 9.84. The Morgan fingerprint density at radius 2 is 0.814 bits per heavy atom. The molecule has 0 bridgehead atoms. The number of hydrogen-bond acceptors (Lipinski definition) is 5. The Bertz CT molecular complexity index is 678. The number of rotatable bonds is 34. The van der Waals surface area contributed by atoms with Crippen LogP contribution in [0.5, 0.6) is 0 Å². The van der Waals surface area contributed by atoms with Crippen LogP contribution in [0.2, 0.25) is 0 Å². The number of hydrogen-bond donors (Lipinski definition) is 2. The summed E-state index contributed by atoms with van der Waals surface area (Å²) in [5.41, 5.74) is -2.50. The average Bonchev–Trinajstić information content (AvgIpc) is 2.99. The van der Waals surface area contributed by atoms with Gasteiger partial charge in [-0.1, -0.05) is 168 Å². The quantitative estimate of drug-likeness (QED) is 0.0555. The van der Waals surface area contributed by atoms with Gasteiger partial charge >= 0.3 is 5.97 Å². The fourth-order valence-electron chi connectivity index (χ4n) is 6.01. The van der Waals surface area contributed by atoms with Crippen LogP contribution in [0, 0.1) is 0 Å². The van der Waals surface area contributed by atoms with Gasteiger partial charge in [-0.2, -0.15) is 0 Å². The van der Waals surface area contributed by atoms with E-state index >= 15 is 0 Å². The van der Waals surface area contributed by atoms with Crippen LogP contribution in [-0.4, -0.2) is 46.1 Å². The molecule has 0 aromatic rings. The highest BCUT2D eigenvalue weighted by Gasteiger charge is 2.55. The van der Waals surface area contributed by atoms with Crippen LogP contribution in [0.15, 0.2) is 0 Å². The molecule has 0 aliphatic rings. The largest absolute Gasteiger partial charge is 0.479 e. The van der Waals surface area contributed by atoms with E-state index in [1.54, 1.807) is 6.92 Å². The number of aliphatic hydroxyl groups is 1. The standard InChI is InChI=1S/C37H70O6/c1-4-7-9-11-13-15-17-19-21-23-25-27-29-31-33(38)35(40)37(36(41)42,43-6-3)34(39)32-30-28-26-24-22-20-18-16-14-12-10-8-5-2/h35,40H,4-32H2,1-3H3,(H,41,42). The molecule has 0 aromatic carbocycles. The maximum atomic E-state index is 13.1. The molecule has 0 heterocycles. The Morgan fingerprint density at radius 3 is 1.12 bits per heavy atom. The topological polar surface area (TPSA) is 101 Å². The third-order valence-electron chi connectivity index (χ3n) is 8.83. The molecular weight excluding hydrogens is 540 g/mol. The second-order valence-corrected chi connectivity index (χ2v) is 12.8. The Kier molecular flexibility index (Phi) is 28.6.